The van der Waals surface area contributed by atoms with E-state index in [1.807, 2.05) is 0 Å². The van der Waals surface area contributed by atoms with Gasteiger partial charge < -0.3 is 52.5 Å². The third kappa shape index (κ3) is 4.71. The van der Waals surface area contributed by atoms with E-state index in [0.717, 1.165) is 0 Å². The molecule has 6 aliphatic rings. The fraction of sp³-hybridized carbons (Fsp3) is 0.730. The Morgan fingerprint density at radius 2 is 1.42 bits per heavy atom. The van der Waals surface area contributed by atoms with Gasteiger partial charge in [-0.25, -0.2) is 4.79 Å². The van der Waals surface area contributed by atoms with Crippen LogP contribution in [0.5, 0.6) is 5.75 Å². The van der Waals surface area contributed by atoms with E-state index in [4.69, 9.17) is 47.4 Å². The first kappa shape index (κ1) is 37.0. The van der Waals surface area contributed by atoms with Crippen LogP contribution in [0.2, 0.25) is 0 Å². The lowest BCUT2D eigenvalue weighted by atomic mass is 9.57. The molecule has 6 fully saturated rings. The van der Waals surface area contributed by atoms with Gasteiger partial charge in [0.05, 0.1) is 36.9 Å². The predicted octanol–water partition coefficient (Wildman–Crippen LogP) is 1.84. The number of aliphatic hydroxyl groups is 1. The first-order chi connectivity index (χ1) is 24.8. The second-order valence-corrected chi connectivity index (χ2v) is 15.1. The maximum Gasteiger partial charge on any atom is 0.338 e. The summed E-state index contributed by atoms with van der Waals surface area (Å²) in [6, 6.07) is 6.41. The maximum atomic E-state index is 14.0. The van der Waals surface area contributed by atoms with Crippen LogP contribution in [0.25, 0.3) is 0 Å². The SMILES string of the molecule is COC[C@@]12C3[C@@H](OC)[C@H]4[C@H](C5C[C@]6(OC(C)=O)[C@@H](OC)C[C@@]4(OC(C)=O)C5[C@H]6OC(=O)c4ccc(OC)cc4)[C@]3(O[C@H]1O)[C@@H](OC)C[C@H]2OC(C)=O. The summed E-state index contributed by atoms with van der Waals surface area (Å²) < 4.78 is 61.8. The van der Waals surface area contributed by atoms with Crippen molar-refractivity contribution in [2.24, 2.45) is 35.0 Å². The number of hydrogen-bond donors (Lipinski definition) is 1. The molecule has 1 heterocycles. The summed E-state index contributed by atoms with van der Waals surface area (Å²) in [5.74, 6) is -5.00. The minimum atomic E-state index is -1.48. The van der Waals surface area contributed by atoms with Crippen LogP contribution >= 0.6 is 0 Å². The van der Waals surface area contributed by atoms with Crippen molar-refractivity contribution in [3.05, 3.63) is 29.8 Å². The number of aliphatic hydroxyl groups excluding tert-OH is 1. The number of rotatable bonds is 11. The van der Waals surface area contributed by atoms with Crippen molar-refractivity contribution in [1.82, 2.24) is 0 Å². The fourth-order valence-electron chi connectivity index (χ4n) is 12.2. The average molecular weight is 733 g/mol. The monoisotopic (exact) mass is 732 g/mol. The van der Waals surface area contributed by atoms with Crippen molar-refractivity contribution in [2.45, 2.75) is 93.6 Å². The Morgan fingerprint density at radius 1 is 0.769 bits per heavy atom. The van der Waals surface area contributed by atoms with Crippen molar-refractivity contribution in [2.75, 3.05) is 42.2 Å². The third-order valence-corrected chi connectivity index (χ3v) is 13.2. The third-order valence-electron chi connectivity index (χ3n) is 13.2. The topological polar surface area (TPSA) is 181 Å². The molecule has 1 aliphatic heterocycles. The highest BCUT2D eigenvalue weighted by molar-refractivity contribution is 5.89. The van der Waals surface area contributed by atoms with E-state index < -0.39 is 112 Å². The van der Waals surface area contributed by atoms with Crippen LogP contribution in [0.1, 0.15) is 50.4 Å². The van der Waals surface area contributed by atoms with Crippen LogP contribution in [0.3, 0.4) is 0 Å². The molecule has 1 N–H and O–H groups in total. The lowest BCUT2D eigenvalue weighted by Crippen LogP contribution is -2.68. The van der Waals surface area contributed by atoms with Gasteiger partial charge in [0, 0.05) is 85.7 Å². The van der Waals surface area contributed by atoms with E-state index in [1.54, 1.807) is 31.4 Å². The molecule has 15 nitrogen and oxygen atoms in total. The quantitative estimate of drug-likeness (QED) is 0.257. The molecule has 15 atom stereocenters. The zero-order chi connectivity index (χ0) is 37.5. The molecule has 0 amide bonds. The minimum Gasteiger partial charge on any atom is -0.497 e. The summed E-state index contributed by atoms with van der Waals surface area (Å²) in [6.45, 7) is 3.85. The smallest absolute Gasteiger partial charge is 0.338 e. The summed E-state index contributed by atoms with van der Waals surface area (Å²) >= 11 is 0. The molecule has 0 aromatic heterocycles. The minimum absolute atomic E-state index is 0.0525. The molecular formula is C37H48O15. The van der Waals surface area contributed by atoms with E-state index in [0.29, 0.717) is 5.75 Å². The molecule has 0 radical (unpaired) electrons. The Hall–Kier alpha value is -3.34. The standard InChI is InChI=1S/C37H48O15/c1-17(38)48-23-13-24(45-6)37-26-22-14-35(50-18(2)39)25(46-7)15-36(51-19(3)40,27(22)31(35)49-32(41)20-9-11-21(44-5)12-10-20)28(26)29(47-8)30(37)34(23,16-43-4)33(42)52-37/h9-12,22-31,33,42H,13-16H2,1-8H3/t22?,23-,24+,25+,26+,27?,28-,29+,30?,31-,33-,34-,35+,36-,37-/m1/s1. The molecule has 15 heteroatoms. The number of carbonyl (C=O) groups is 4. The number of ether oxygens (including phenoxy) is 10. The molecule has 52 heavy (non-hydrogen) atoms. The van der Waals surface area contributed by atoms with Crippen LogP contribution in [0.4, 0.5) is 0 Å². The summed E-state index contributed by atoms with van der Waals surface area (Å²) in [6.07, 6.45) is -5.53. The molecule has 1 aromatic carbocycles. The number of carbonyl (C=O) groups excluding carboxylic acids is 4. The molecule has 286 valence electrons. The fourth-order valence-corrected chi connectivity index (χ4v) is 12.2. The molecule has 1 saturated heterocycles. The molecule has 4 bridgehead atoms. The Morgan fingerprint density at radius 3 is 1.98 bits per heavy atom. The summed E-state index contributed by atoms with van der Waals surface area (Å²) in [7, 11) is 7.56. The van der Waals surface area contributed by atoms with Gasteiger partial charge in [-0.1, -0.05) is 0 Å². The second-order valence-electron chi connectivity index (χ2n) is 15.1. The molecular weight excluding hydrogens is 684 g/mol. The number of benzene rings is 1. The van der Waals surface area contributed by atoms with Crippen LogP contribution in [0, 0.1) is 35.0 Å². The van der Waals surface area contributed by atoms with Gasteiger partial charge in [-0.15, -0.1) is 0 Å². The Bertz CT molecular complexity index is 1600. The average Bonchev–Trinajstić information content (AvgIpc) is 3.69. The number of esters is 4. The maximum absolute atomic E-state index is 14.0. The van der Waals surface area contributed by atoms with Gasteiger partial charge in [0.15, 0.2) is 18.0 Å². The summed E-state index contributed by atoms with van der Waals surface area (Å²) in [4.78, 5) is 52.8. The van der Waals surface area contributed by atoms with Gasteiger partial charge >= 0.3 is 23.9 Å². The molecule has 1 aromatic rings. The van der Waals surface area contributed by atoms with Crippen LogP contribution in [-0.4, -0.2) is 125 Å². The number of hydrogen-bond acceptors (Lipinski definition) is 15. The zero-order valence-corrected chi connectivity index (χ0v) is 30.7. The Labute approximate surface area is 301 Å². The predicted molar refractivity (Wildman–Crippen MR) is 175 cm³/mol. The van der Waals surface area contributed by atoms with E-state index in [9.17, 15) is 24.3 Å². The zero-order valence-electron chi connectivity index (χ0n) is 30.7. The van der Waals surface area contributed by atoms with E-state index in [-0.39, 0.29) is 31.4 Å². The Kier molecular flexibility index (Phi) is 9.18. The normalized spacial score (nSPS) is 44.8. The van der Waals surface area contributed by atoms with Gasteiger partial charge in [-0.3, -0.25) is 14.4 Å². The van der Waals surface area contributed by atoms with Gasteiger partial charge in [-0.2, -0.15) is 0 Å². The van der Waals surface area contributed by atoms with Crippen molar-refractivity contribution in [3.63, 3.8) is 0 Å². The lowest BCUT2D eigenvalue weighted by molar-refractivity contribution is -0.258. The summed E-state index contributed by atoms with van der Waals surface area (Å²) in [5, 5.41) is 12.0. The van der Waals surface area contributed by atoms with Crippen molar-refractivity contribution in [3.8, 4) is 5.75 Å². The van der Waals surface area contributed by atoms with Gasteiger partial charge in [-0.05, 0) is 36.6 Å². The van der Waals surface area contributed by atoms with E-state index >= 15 is 0 Å². The molecule has 0 spiro atoms. The largest absolute Gasteiger partial charge is 0.497 e. The Balaban J connectivity index is 1.44. The molecule has 5 aliphatic carbocycles. The molecule has 3 unspecified atom stereocenters. The number of fused-ring (bicyclic) bond motifs is 4. The van der Waals surface area contributed by atoms with Crippen LogP contribution < -0.4 is 4.74 Å². The highest BCUT2D eigenvalue weighted by Gasteiger charge is 2.91. The highest BCUT2D eigenvalue weighted by Crippen LogP contribution is 2.79. The van der Waals surface area contributed by atoms with E-state index in [1.165, 1.54) is 49.2 Å². The molecule has 7 rings (SSSR count). The number of methoxy groups -OCH3 is 5. The lowest BCUT2D eigenvalue weighted by Gasteiger charge is -2.54. The van der Waals surface area contributed by atoms with Gasteiger partial charge in [0.1, 0.15) is 29.2 Å². The van der Waals surface area contributed by atoms with Gasteiger partial charge in [0.2, 0.25) is 0 Å². The highest BCUT2D eigenvalue weighted by atomic mass is 16.7. The van der Waals surface area contributed by atoms with Gasteiger partial charge in [0.25, 0.3) is 0 Å². The van der Waals surface area contributed by atoms with E-state index in [2.05, 4.69) is 0 Å². The second kappa shape index (κ2) is 12.9. The molecule has 5 saturated carbocycles. The van der Waals surface area contributed by atoms with Crippen LogP contribution in [-0.2, 0) is 57.0 Å². The summed E-state index contributed by atoms with van der Waals surface area (Å²) in [5.41, 5.74) is -5.26. The van der Waals surface area contributed by atoms with Crippen molar-refractivity contribution >= 4 is 23.9 Å². The first-order valence-corrected chi connectivity index (χ1v) is 17.6. The first-order valence-electron chi connectivity index (χ1n) is 17.6. The van der Waals surface area contributed by atoms with Crippen molar-refractivity contribution < 1.29 is 71.7 Å². The van der Waals surface area contributed by atoms with Crippen molar-refractivity contribution in [1.29, 1.82) is 0 Å². The van der Waals surface area contributed by atoms with Crippen LogP contribution in [0.15, 0.2) is 24.3 Å².